The quantitative estimate of drug-likeness (QED) is 0.0503. The first kappa shape index (κ1) is 70.0. The molecule has 4 heterocycles. The van der Waals surface area contributed by atoms with E-state index in [9.17, 15) is 26.3 Å². The molecule has 100 heavy (non-hydrogen) atoms. The van der Waals surface area contributed by atoms with Gasteiger partial charge in [0, 0.05) is 72.3 Å². The molecule has 0 spiro atoms. The zero-order chi connectivity index (χ0) is 71.1. The molecule has 18 rings (SSSR count). The first-order chi connectivity index (χ1) is 47.5. The maximum atomic E-state index is 10.7. The fourth-order valence-electron chi connectivity index (χ4n) is 17.4. The summed E-state index contributed by atoms with van der Waals surface area (Å²) in [7, 11) is -12.2. The molecule has 21 heteroatoms. The summed E-state index contributed by atoms with van der Waals surface area (Å²) in [6, 6.07) is 75.0. The molecule has 0 radical (unpaired) electrons. The summed E-state index contributed by atoms with van der Waals surface area (Å²) < 4.78 is 125. The third-order valence-electron chi connectivity index (χ3n) is 21.6. The van der Waals surface area contributed by atoms with Crippen LogP contribution in [0, 0.1) is 29.6 Å². The fourth-order valence-corrected chi connectivity index (χ4v) is 17.4. The van der Waals surface area contributed by atoms with Crippen molar-refractivity contribution in [1.29, 1.82) is 0 Å². The monoisotopic (exact) mass is 1400 g/mol. The van der Waals surface area contributed by atoms with Gasteiger partial charge in [0.05, 0.1) is 54.6 Å². The number of fused-ring (bicyclic) bond motifs is 6. The molecule has 3 aliphatic heterocycles. The Morgan fingerprint density at radius 3 is 1.10 bits per heavy atom. The summed E-state index contributed by atoms with van der Waals surface area (Å²) in [5.74, 6) is 4.65. The lowest BCUT2D eigenvalue weighted by Gasteiger charge is -2.52. The second-order valence-corrected chi connectivity index (χ2v) is 31.3. The minimum absolute atomic E-state index is 0.389. The van der Waals surface area contributed by atoms with Gasteiger partial charge in [-0.3, -0.25) is 0 Å². The van der Waals surface area contributed by atoms with Crippen LogP contribution in [0.4, 0.5) is 54.8 Å². The predicted molar refractivity (Wildman–Crippen MR) is 379 cm³/mol. The third kappa shape index (κ3) is 12.9. The number of aromatic nitrogens is 2. The predicted octanol–water partition coefficient (Wildman–Crippen LogP) is 16.2. The van der Waals surface area contributed by atoms with Gasteiger partial charge < -0.3 is 28.7 Å². The van der Waals surface area contributed by atoms with Crippen molar-refractivity contribution in [2.24, 2.45) is 29.6 Å². The minimum atomic E-state index is -6.09. The van der Waals surface area contributed by atoms with E-state index in [-0.39, 0.29) is 0 Å². The van der Waals surface area contributed by atoms with Gasteiger partial charge in [0.1, 0.15) is 0 Å². The van der Waals surface area contributed by atoms with Crippen LogP contribution in [0.2, 0.25) is 0 Å². The Kier molecular flexibility index (Phi) is 19.0. The number of imidazole rings is 1. The third-order valence-corrected chi connectivity index (χ3v) is 22.8. The number of para-hydroxylation sites is 7. The van der Waals surface area contributed by atoms with Crippen molar-refractivity contribution in [3.05, 3.63) is 251 Å². The molecular weight excluding hydrogens is 1320 g/mol. The molecule has 6 aliphatic carbocycles. The van der Waals surface area contributed by atoms with Crippen molar-refractivity contribution in [1.82, 2.24) is 4.57 Å². The number of nitrogens with zero attached hydrogens (tertiary/aromatic N) is 7. The summed E-state index contributed by atoms with van der Waals surface area (Å²) >= 11 is 0. The van der Waals surface area contributed by atoms with Crippen LogP contribution in [0.3, 0.4) is 0 Å². The van der Waals surface area contributed by atoms with E-state index in [0.29, 0.717) is 77.3 Å². The van der Waals surface area contributed by atoms with E-state index in [1.807, 2.05) is 0 Å². The topological polar surface area (TPSA) is 139 Å². The Bertz CT molecular complexity index is 4530. The van der Waals surface area contributed by atoms with E-state index < -0.39 is 31.3 Å². The van der Waals surface area contributed by atoms with Gasteiger partial charge in [0.25, 0.3) is 0 Å². The average molecular weight is 1400 g/mol. The van der Waals surface area contributed by atoms with Crippen LogP contribution in [-0.4, -0.2) is 97.4 Å². The van der Waals surface area contributed by atoms with Crippen molar-refractivity contribution in [2.45, 2.75) is 121 Å². The van der Waals surface area contributed by atoms with Gasteiger partial charge in [0.2, 0.25) is 12.0 Å². The molecule has 13 nitrogen and oxygen atoms in total. The van der Waals surface area contributed by atoms with Crippen molar-refractivity contribution in [3.63, 3.8) is 0 Å². The highest BCUT2D eigenvalue weighted by molar-refractivity contribution is 7.86. The summed E-state index contributed by atoms with van der Waals surface area (Å²) in [4.78, 5) is 10.5. The average Bonchev–Trinajstić information content (AvgIpc) is 0.718. The summed E-state index contributed by atoms with van der Waals surface area (Å²) in [6.07, 6.45) is 4.93. The minimum Gasteiger partial charge on any atom is -0.741 e. The number of hydrogen-bond acceptors (Lipinski definition) is 10. The molecule has 4 bridgehead atoms. The van der Waals surface area contributed by atoms with Crippen LogP contribution in [0.5, 0.6) is 0 Å². The summed E-state index contributed by atoms with van der Waals surface area (Å²) in [5, 5.41) is 0. The van der Waals surface area contributed by atoms with Crippen molar-refractivity contribution in [3.8, 4) is 0 Å². The second-order valence-electron chi connectivity index (χ2n) is 28.6. The normalized spacial score (nSPS) is 22.1. The van der Waals surface area contributed by atoms with Gasteiger partial charge >= 0.3 is 11.0 Å². The first-order valence-corrected chi connectivity index (χ1v) is 37.1. The molecule has 0 fully saturated rings. The molecule has 0 N–H and O–H groups in total. The molecule has 0 amide bonds. The molecule has 9 aromatic rings. The first-order valence-electron chi connectivity index (χ1n) is 34.3. The van der Waals surface area contributed by atoms with E-state index in [4.69, 9.17) is 25.9 Å². The Balaban J connectivity index is 0.000000147. The van der Waals surface area contributed by atoms with E-state index >= 15 is 0 Å². The molecule has 0 saturated heterocycles. The van der Waals surface area contributed by atoms with Gasteiger partial charge in [-0.15, -0.1) is 0 Å². The second kappa shape index (κ2) is 27.1. The fraction of sp³-hybridized carbons (Fsp3) is 0.367. The molecule has 1 aromatic heterocycles. The van der Waals surface area contributed by atoms with Gasteiger partial charge in [-0.25, -0.2) is 30.5 Å². The number of alkyl halides is 6. The largest absolute Gasteiger partial charge is 0.741 e. The van der Waals surface area contributed by atoms with Crippen LogP contribution in [0.25, 0.3) is 11.0 Å². The van der Waals surface area contributed by atoms with Crippen molar-refractivity contribution in [2.75, 3.05) is 52.6 Å². The molecular formula is C79H83F6N7O6S2. The van der Waals surface area contributed by atoms with Crippen LogP contribution in [0.15, 0.2) is 200 Å². The van der Waals surface area contributed by atoms with Crippen molar-refractivity contribution >= 4 is 65.9 Å². The Hall–Kier alpha value is -8.50. The Morgan fingerprint density at radius 1 is 0.420 bits per heavy atom. The lowest BCUT2D eigenvalue weighted by molar-refractivity contribution is -0.681. The highest BCUT2D eigenvalue weighted by Gasteiger charge is 2.54. The van der Waals surface area contributed by atoms with Crippen LogP contribution in [0.1, 0.15) is 141 Å². The zero-order valence-corrected chi connectivity index (χ0v) is 58.7. The van der Waals surface area contributed by atoms with Gasteiger partial charge in [0.15, 0.2) is 44.0 Å². The van der Waals surface area contributed by atoms with Gasteiger partial charge in [-0.2, -0.15) is 26.3 Å². The molecule has 5 unspecified atom stereocenters. The number of hydrogen-bond donors (Lipinski definition) is 0. The van der Waals surface area contributed by atoms with Crippen molar-refractivity contribution < 1.29 is 61.4 Å². The molecule has 524 valence electrons. The van der Waals surface area contributed by atoms with Crippen LogP contribution < -0.4 is 24.2 Å². The Labute approximate surface area is 582 Å². The lowest BCUT2D eigenvalue weighted by Crippen LogP contribution is -2.50. The molecule has 5 atom stereocenters. The highest BCUT2D eigenvalue weighted by atomic mass is 32.2. The summed E-state index contributed by atoms with van der Waals surface area (Å²) in [6.45, 7) is 24.7. The number of rotatable bonds is 12. The van der Waals surface area contributed by atoms with E-state index in [0.717, 1.165) is 39.5 Å². The van der Waals surface area contributed by atoms with E-state index in [2.05, 4.69) is 295 Å². The van der Waals surface area contributed by atoms with E-state index in [1.54, 1.807) is 44.5 Å². The Morgan fingerprint density at radius 2 is 0.740 bits per heavy atom. The molecule has 9 aliphatic rings. The lowest BCUT2D eigenvalue weighted by atomic mass is 9.54. The maximum absolute atomic E-state index is 10.7. The molecule has 8 aromatic carbocycles. The smallest absolute Gasteiger partial charge is 0.485 e. The SMILES string of the molecule is CC(C)C1C=[N+](CC2C3c4ccccc4C(c4ccccc43)C2C[n+]2cn(C(C)C)c3ccccc32)c2ccccc21.CC(C)N1CN(CC2C3c4ccccc4C(c4ccccc43)C2CN2CN(C(C)C)c3ccccc32)c2ccccc21.O=S(=O)([O-])C(F)(F)F.O=S(=O)([O-])C(F)(F)F. The number of anilines is 4. The highest BCUT2D eigenvalue weighted by Crippen LogP contribution is 2.61. The maximum Gasteiger partial charge on any atom is 0.485 e. The van der Waals surface area contributed by atoms with Crippen LogP contribution >= 0.6 is 0 Å². The van der Waals surface area contributed by atoms with Crippen LogP contribution in [-0.2, 0) is 26.8 Å². The zero-order valence-electron chi connectivity index (χ0n) is 57.0. The molecule has 0 saturated carbocycles. The van der Waals surface area contributed by atoms with E-state index in [1.165, 1.54) is 45.0 Å². The summed E-state index contributed by atoms with van der Waals surface area (Å²) in [5.41, 5.74) is 12.2. The number of halogens is 6. The van der Waals surface area contributed by atoms with Gasteiger partial charge in [-0.05, 0) is 140 Å². The standard InChI is InChI=1S/C39H41N3.C38H42N4.2CHF3O3S/c1-25(2)32-21-40(35-18-10-9-13-27(32)35)22-33-34(23-41-24-42(26(3)4)37-20-12-11-19-36(37)41)39-30-16-7-5-14-28(30)38(33)29-15-6-8-17-31(29)39;1-25(2)41-23-39(33-17-9-11-19-35(33)41)21-31-32(22-40-24-42(26(3)4)36-20-12-10-18-34(36)40)38-29-15-7-5-13-27(29)37(31)28-14-6-8-16-30(28)38;2*2-1(3,4)8(5,6)7/h5-21,24-26,32-34,38-39H,22-23H2,1-4H3;5-20,25-26,31-32,37-38H,21-24H2,1-4H3;2*(H,5,6,7)/q+2;;;/p-2. The number of benzene rings is 8. The van der Waals surface area contributed by atoms with Gasteiger partial charge in [-0.1, -0.05) is 166 Å².